The summed E-state index contributed by atoms with van der Waals surface area (Å²) >= 11 is 7.32. The highest BCUT2D eigenvalue weighted by Gasteiger charge is 2.19. The SMILES string of the molecule is N#Cc1ccc(Cl)cc1NC(=O)CSc1nnc(CN2CCCCC2)n1-c1ccccc1. The number of para-hydroxylation sites is 1. The Morgan fingerprint density at radius 3 is 2.66 bits per heavy atom. The number of carbonyl (C=O) groups is 1. The summed E-state index contributed by atoms with van der Waals surface area (Å²) in [5, 5.41) is 22.0. The van der Waals surface area contributed by atoms with E-state index in [0.717, 1.165) is 31.1 Å². The first-order valence-electron chi connectivity index (χ1n) is 10.5. The summed E-state index contributed by atoms with van der Waals surface area (Å²) < 4.78 is 2.02. The minimum atomic E-state index is -0.242. The summed E-state index contributed by atoms with van der Waals surface area (Å²) in [5.74, 6) is 0.753. The van der Waals surface area contributed by atoms with Gasteiger partial charge < -0.3 is 5.32 Å². The van der Waals surface area contributed by atoms with Crippen LogP contribution < -0.4 is 5.32 Å². The first-order chi connectivity index (χ1) is 15.6. The van der Waals surface area contributed by atoms with Crippen molar-refractivity contribution in [2.24, 2.45) is 0 Å². The minimum Gasteiger partial charge on any atom is -0.324 e. The van der Waals surface area contributed by atoms with Crippen LogP contribution in [0.3, 0.4) is 0 Å². The summed E-state index contributed by atoms with van der Waals surface area (Å²) in [4.78, 5) is 15.0. The van der Waals surface area contributed by atoms with Gasteiger partial charge >= 0.3 is 0 Å². The number of hydrogen-bond donors (Lipinski definition) is 1. The fourth-order valence-corrected chi connectivity index (χ4v) is 4.63. The molecular weight excluding hydrogens is 444 g/mol. The second kappa shape index (κ2) is 10.6. The number of hydrogen-bond acceptors (Lipinski definition) is 6. The van der Waals surface area contributed by atoms with Gasteiger partial charge in [-0.1, -0.05) is 48.0 Å². The number of nitrogens with one attached hydrogen (secondary N) is 1. The number of likely N-dealkylation sites (tertiary alicyclic amines) is 1. The topological polar surface area (TPSA) is 86.8 Å². The Balaban J connectivity index is 1.50. The summed E-state index contributed by atoms with van der Waals surface area (Å²) in [6.07, 6.45) is 3.68. The van der Waals surface area contributed by atoms with Gasteiger partial charge in [-0.2, -0.15) is 5.26 Å². The lowest BCUT2D eigenvalue weighted by Crippen LogP contribution is -2.30. The standard InChI is InChI=1S/C23H23ClN6OS/c24-18-10-9-17(14-25)20(13-18)26-22(31)16-32-23-28-27-21(15-29-11-5-2-6-12-29)30(23)19-7-3-1-4-8-19/h1,3-4,7-10,13H,2,5-6,11-12,15-16H2,(H,26,31). The van der Waals surface area contributed by atoms with Gasteiger partial charge in [-0.15, -0.1) is 10.2 Å². The van der Waals surface area contributed by atoms with Crippen LogP contribution in [0, 0.1) is 11.3 Å². The average Bonchev–Trinajstić information content (AvgIpc) is 3.21. The maximum absolute atomic E-state index is 12.6. The molecule has 32 heavy (non-hydrogen) atoms. The zero-order valence-corrected chi connectivity index (χ0v) is 19.1. The van der Waals surface area contributed by atoms with Crippen LogP contribution in [0.15, 0.2) is 53.7 Å². The zero-order chi connectivity index (χ0) is 22.3. The first kappa shape index (κ1) is 22.3. The predicted molar refractivity (Wildman–Crippen MR) is 126 cm³/mol. The van der Waals surface area contributed by atoms with Crippen LogP contribution >= 0.6 is 23.4 Å². The number of thioether (sulfide) groups is 1. The highest BCUT2D eigenvalue weighted by Crippen LogP contribution is 2.25. The van der Waals surface area contributed by atoms with E-state index < -0.39 is 0 Å². The van der Waals surface area contributed by atoms with Crippen molar-refractivity contribution < 1.29 is 4.79 Å². The number of amides is 1. The van der Waals surface area contributed by atoms with Crippen LogP contribution in [0.4, 0.5) is 5.69 Å². The second-order valence-electron chi connectivity index (χ2n) is 7.55. The molecule has 3 aromatic rings. The number of rotatable bonds is 7. The Morgan fingerprint density at radius 1 is 1.12 bits per heavy atom. The number of nitriles is 1. The molecule has 1 N–H and O–H groups in total. The third-order valence-electron chi connectivity index (χ3n) is 5.24. The van der Waals surface area contributed by atoms with Gasteiger partial charge in [0.15, 0.2) is 11.0 Å². The van der Waals surface area contributed by atoms with E-state index in [1.54, 1.807) is 18.2 Å². The Kier molecular flexibility index (Phi) is 7.43. The lowest BCUT2D eigenvalue weighted by Gasteiger charge is -2.26. The maximum Gasteiger partial charge on any atom is 0.234 e. The quantitative estimate of drug-likeness (QED) is 0.515. The molecule has 0 atom stereocenters. The van der Waals surface area contributed by atoms with Crippen LogP contribution in [0.1, 0.15) is 30.7 Å². The number of nitrogens with zero attached hydrogens (tertiary/aromatic N) is 5. The first-order valence-corrected chi connectivity index (χ1v) is 11.8. The van der Waals surface area contributed by atoms with Crippen molar-refractivity contribution in [2.75, 3.05) is 24.2 Å². The van der Waals surface area contributed by atoms with Gasteiger partial charge in [0.2, 0.25) is 5.91 Å². The maximum atomic E-state index is 12.6. The van der Waals surface area contributed by atoms with Gasteiger partial charge in [0.05, 0.1) is 23.5 Å². The molecule has 0 bridgehead atoms. The number of anilines is 1. The van der Waals surface area contributed by atoms with Crippen molar-refractivity contribution >= 4 is 35.0 Å². The summed E-state index contributed by atoms with van der Waals surface area (Å²) in [7, 11) is 0. The van der Waals surface area contributed by atoms with E-state index in [0.29, 0.717) is 21.4 Å². The molecule has 7 nitrogen and oxygen atoms in total. The highest BCUT2D eigenvalue weighted by atomic mass is 35.5. The number of benzene rings is 2. The molecule has 0 spiro atoms. The van der Waals surface area contributed by atoms with Crippen molar-refractivity contribution in [1.29, 1.82) is 5.26 Å². The Morgan fingerprint density at radius 2 is 1.91 bits per heavy atom. The van der Waals surface area contributed by atoms with E-state index in [9.17, 15) is 10.1 Å². The van der Waals surface area contributed by atoms with Crippen molar-refractivity contribution in [2.45, 2.75) is 31.0 Å². The van der Waals surface area contributed by atoms with Crippen molar-refractivity contribution in [3.63, 3.8) is 0 Å². The Hall–Kier alpha value is -2.86. The molecule has 1 aromatic heterocycles. The van der Waals surface area contributed by atoms with Gasteiger partial charge in [-0.05, 0) is 56.3 Å². The van der Waals surface area contributed by atoms with Crippen LogP contribution in [0.2, 0.25) is 5.02 Å². The Labute approximate surface area is 196 Å². The average molecular weight is 467 g/mol. The van der Waals surface area contributed by atoms with E-state index in [1.807, 2.05) is 34.9 Å². The largest absolute Gasteiger partial charge is 0.324 e. The number of carbonyl (C=O) groups excluding carboxylic acids is 1. The van der Waals surface area contributed by atoms with Gasteiger partial charge in [-0.3, -0.25) is 14.3 Å². The molecule has 2 heterocycles. The lowest BCUT2D eigenvalue weighted by atomic mass is 10.1. The molecule has 0 unspecified atom stereocenters. The van der Waals surface area contributed by atoms with Crippen LogP contribution in [-0.4, -0.2) is 44.4 Å². The molecule has 0 radical (unpaired) electrons. The van der Waals surface area contributed by atoms with E-state index in [-0.39, 0.29) is 11.7 Å². The molecule has 1 amide bonds. The fourth-order valence-electron chi connectivity index (χ4n) is 3.68. The molecule has 2 aromatic carbocycles. The monoisotopic (exact) mass is 466 g/mol. The molecule has 9 heteroatoms. The molecule has 0 saturated carbocycles. The van der Waals surface area contributed by atoms with Crippen molar-refractivity contribution in [3.8, 4) is 11.8 Å². The van der Waals surface area contributed by atoms with Gasteiger partial charge in [-0.25, -0.2) is 0 Å². The number of halogens is 1. The molecular formula is C23H23ClN6OS. The summed E-state index contributed by atoms with van der Waals surface area (Å²) in [6, 6.07) is 16.8. The normalized spacial score (nSPS) is 14.1. The molecule has 1 fully saturated rings. The molecule has 1 aliphatic rings. The van der Waals surface area contributed by atoms with E-state index in [2.05, 4.69) is 26.5 Å². The number of piperidine rings is 1. The van der Waals surface area contributed by atoms with E-state index in [4.69, 9.17) is 11.6 Å². The molecule has 1 aliphatic heterocycles. The van der Waals surface area contributed by atoms with Crippen LogP contribution in [0.5, 0.6) is 0 Å². The third-order valence-corrected chi connectivity index (χ3v) is 6.40. The van der Waals surface area contributed by atoms with Crippen molar-refractivity contribution in [3.05, 3.63) is 64.9 Å². The minimum absolute atomic E-state index is 0.131. The van der Waals surface area contributed by atoms with Crippen molar-refractivity contribution in [1.82, 2.24) is 19.7 Å². The van der Waals surface area contributed by atoms with Gasteiger partial charge in [0.25, 0.3) is 0 Å². The van der Waals surface area contributed by atoms with Crippen LogP contribution in [0.25, 0.3) is 5.69 Å². The predicted octanol–water partition coefficient (Wildman–Crippen LogP) is 4.51. The molecule has 0 aliphatic carbocycles. The molecule has 164 valence electrons. The van der Waals surface area contributed by atoms with Crippen LogP contribution in [-0.2, 0) is 11.3 Å². The van der Waals surface area contributed by atoms with E-state index >= 15 is 0 Å². The van der Waals surface area contributed by atoms with Gasteiger partial charge in [0, 0.05) is 10.7 Å². The second-order valence-corrected chi connectivity index (χ2v) is 8.92. The highest BCUT2D eigenvalue weighted by molar-refractivity contribution is 7.99. The molecule has 4 rings (SSSR count). The Bertz CT molecular complexity index is 1120. The summed E-state index contributed by atoms with van der Waals surface area (Å²) in [5.41, 5.74) is 1.74. The smallest absolute Gasteiger partial charge is 0.234 e. The molecule has 1 saturated heterocycles. The fraction of sp³-hybridized carbons (Fsp3) is 0.304. The summed E-state index contributed by atoms with van der Waals surface area (Å²) in [6.45, 7) is 2.85. The lowest BCUT2D eigenvalue weighted by molar-refractivity contribution is -0.113. The zero-order valence-electron chi connectivity index (χ0n) is 17.5. The number of aromatic nitrogens is 3. The van der Waals surface area contributed by atoms with Gasteiger partial charge in [0.1, 0.15) is 6.07 Å². The third kappa shape index (κ3) is 5.49. The van der Waals surface area contributed by atoms with E-state index in [1.165, 1.54) is 31.0 Å².